The first-order chi connectivity index (χ1) is 12.1. The number of H-pyrrole nitrogens is 1. The van der Waals surface area contributed by atoms with Crippen molar-refractivity contribution in [1.29, 1.82) is 0 Å². The molecule has 0 atom stereocenters. The van der Waals surface area contributed by atoms with Crippen LogP contribution in [0.1, 0.15) is 37.7 Å². The molecule has 0 bridgehead atoms. The van der Waals surface area contributed by atoms with E-state index in [-0.39, 0.29) is 5.91 Å². The maximum Gasteiger partial charge on any atom is 0.246 e. The molecule has 0 unspecified atom stereocenters. The van der Waals surface area contributed by atoms with Crippen molar-refractivity contribution in [2.75, 3.05) is 23.3 Å². The molecule has 25 heavy (non-hydrogen) atoms. The monoisotopic (exact) mass is 381 g/mol. The Labute approximate surface area is 156 Å². The summed E-state index contributed by atoms with van der Waals surface area (Å²) in [6.45, 7) is 1.93. The summed E-state index contributed by atoms with van der Waals surface area (Å²) < 4.78 is 0. The Morgan fingerprint density at radius 1 is 1.20 bits per heavy atom. The van der Waals surface area contributed by atoms with Gasteiger partial charge in [0.15, 0.2) is 0 Å². The van der Waals surface area contributed by atoms with Crippen LogP contribution in [0.2, 0.25) is 10.0 Å². The van der Waals surface area contributed by atoms with Crippen LogP contribution in [-0.2, 0) is 11.2 Å². The highest BCUT2D eigenvalue weighted by Gasteiger charge is 2.16. The number of aromatic amines is 1. The van der Waals surface area contributed by atoms with Crippen molar-refractivity contribution in [2.45, 2.75) is 38.5 Å². The molecule has 6 nitrogen and oxygen atoms in total. The number of hydrogen-bond donors (Lipinski definition) is 2. The van der Waals surface area contributed by atoms with E-state index in [2.05, 4.69) is 25.4 Å². The quantitative estimate of drug-likeness (QED) is 0.790. The van der Waals surface area contributed by atoms with Crippen LogP contribution in [0.4, 0.5) is 11.9 Å². The molecular formula is C17H21Cl2N5O. The molecular weight excluding hydrogens is 361 g/mol. The molecule has 1 aromatic heterocycles. The Kier molecular flexibility index (Phi) is 6.15. The number of nitrogens with one attached hydrogen (secondary N) is 2. The minimum atomic E-state index is -0.0820. The Hall–Kier alpha value is -1.79. The van der Waals surface area contributed by atoms with Gasteiger partial charge in [-0.05, 0) is 49.8 Å². The summed E-state index contributed by atoms with van der Waals surface area (Å²) in [4.78, 5) is 18.5. The second kappa shape index (κ2) is 8.54. The number of piperidine rings is 1. The highest BCUT2D eigenvalue weighted by Crippen LogP contribution is 2.23. The summed E-state index contributed by atoms with van der Waals surface area (Å²) >= 11 is 11.9. The summed E-state index contributed by atoms with van der Waals surface area (Å²) in [5.74, 6) is 0.979. The van der Waals surface area contributed by atoms with Crippen LogP contribution < -0.4 is 10.2 Å². The number of benzene rings is 1. The van der Waals surface area contributed by atoms with Gasteiger partial charge in [-0.2, -0.15) is 4.98 Å². The smallest absolute Gasteiger partial charge is 0.246 e. The number of carbonyl (C=O) groups is 1. The van der Waals surface area contributed by atoms with Crippen LogP contribution in [0, 0.1) is 0 Å². The fourth-order valence-corrected chi connectivity index (χ4v) is 3.21. The Bertz CT molecular complexity index is 728. The average Bonchev–Trinajstić information content (AvgIpc) is 3.07. The molecule has 0 aliphatic carbocycles. The first-order valence-electron chi connectivity index (χ1n) is 8.53. The van der Waals surface area contributed by atoms with Crippen molar-refractivity contribution in [3.63, 3.8) is 0 Å². The zero-order chi connectivity index (χ0) is 17.6. The van der Waals surface area contributed by atoms with Crippen molar-refractivity contribution in [2.24, 2.45) is 0 Å². The molecule has 8 heteroatoms. The molecule has 134 valence electrons. The Morgan fingerprint density at radius 3 is 2.76 bits per heavy atom. The Morgan fingerprint density at radius 2 is 2.00 bits per heavy atom. The minimum Gasteiger partial charge on any atom is -0.340 e. The average molecular weight is 382 g/mol. The predicted molar refractivity (Wildman–Crippen MR) is 100 cm³/mol. The number of hydrogen-bond acceptors (Lipinski definition) is 4. The van der Waals surface area contributed by atoms with Crippen molar-refractivity contribution in [3.8, 4) is 0 Å². The summed E-state index contributed by atoms with van der Waals surface area (Å²) in [6, 6.07) is 5.53. The summed E-state index contributed by atoms with van der Waals surface area (Å²) in [5, 5.41) is 10.8. The van der Waals surface area contributed by atoms with Crippen molar-refractivity contribution >= 4 is 41.0 Å². The fraction of sp³-hybridized carbons (Fsp3) is 0.471. The van der Waals surface area contributed by atoms with Gasteiger partial charge < -0.3 is 4.90 Å². The first kappa shape index (κ1) is 18.0. The minimum absolute atomic E-state index is 0.0820. The SMILES string of the molecule is O=C(CCCc1ccc(Cl)c(Cl)c1)Nc1nc(N2CCCCC2)n[nH]1. The molecule has 0 saturated carbocycles. The molecule has 1 aromatic carbocycles. The molecule has 2 heterocycles. The molecule has 1 aliphatic heterocycles. The lowest BCUT2D eigenvalue weighted by molar-refractivity contribution is -0.116. The number of rotatable bonds is 6. The van der Waals surface area contributed by atoms with Crippen LogP contribution in [0.25, 0.3) is 0 Å². The van der Waals surface area contributed by atoms with E-state index in [0.29, 0.717) is 28.4 Å². The molecule has 1 amide bonds. The van der Waals surface area contributed by atoms with Gasteiger partial charge in [0.25, 0.3) is 0 Å². The number of aryl methyl sites for hydroxylation is 1. The summed E-state index contributed by atoms with van der Waals surface area (Å²) in [6.07, 6.45) is 5.45. The number of amides is 1. The third-order valence-electron chi connectivity index (χ3n) is 4.22. The van der Waals surface area contributed by atoms with Crippen molar-refractivity contribution in [1.82, 2.24) is 15.2 Å². The van der Waals surface area contributed by atoms with Crippen LogP contribution in [0.15, 0.2) is 18.2 Å². The molecule has 2 aromatic rings. The van der Waals surface area contributed by atoms with Crippen LogP contribution in [0.3, 0.4) is 0 Å². The van der Waals surface area contributed by atoms with E-state index < -0.39 is 0 Å². The largest absolute Gasteiger partial charge is 0.340 e. The summed E-state index contributed by atoms with van der Waals surface area (Å²) in [7, 11) is 0. The molecule has 1 fully saturated rings. The van der Waals surface area contributed by atoms with E-state index >= 15 is 0 Å². The topological polar surface area (TPSA) is 73.9 Å². The van der Waals surface area contributed by atoms with Gasteiger partial charge in [-0.25, -0.2) is 5.10 Å². The van der Waals surface area contributed by atoms with Gasteiger partial charge in [-0.3, -0.25) is 10.1 Å². The molecule has 1 aliphatic rings. The predicted octanol–water partition coefficient (Wildman–Crippen LogP) is 4.06. The molecule has 1 saturated heterocycles. The van der Waals surface area contributed by atoms with Gasteiger partial charge in [0, 0.05) is 19.5 Å². The van der Waals surface area contributed by atoms with Gasteiger partial charge in [0.1, 0.15) is 0 Å². The van der Waals surface area contributed by atoms with Gasteiger partial charge in [0.05, 0.1) is 10.0 Å². The maximum atomic E-state index is 12.0. The maximum absolute atomic E-state index is 12.0. The summed E-state index contributed by atoms with van der Waals surface area (Å²) in [5.41, 5.74) is 1.06. The van der Waals surface area contributed by atoms with E-state index in [1.165, 1.54) is 6.42 Å². The van der Waals surface area contributed by atoms with Crippen LogP contribution in [0.5, 0.6) is 0 Å². The second-order valence-electron chi connectivity index (χ2n) is 6.18. The third-order valence-corrected chi connectivity index (χ3v) is 4.96. The fourth-order valence-electron chi connectivity index (χ4n) is 2.89. The van der Waals surface area contributed by atoms with E-state index in [4.69, 9.17) is 23.2 Å². The van der Waals surface area contributed by atoms with E-state index in [1.807, 2.05) is 12.1 Å². The number of nitrogens with zero attached hydrogens (tertiary/aromatic N) is 3. The van der Waals surface area contributed by atoms with E-state index in [1.54, 1.807) is 6.07 Å². The molecule has 2 N–H and O–H groups in total. The zero-order valence-electron chi connectivity index (χ0n) is 13.9. The highest BCUT2D eigenvalue weighted by atomic mass is 35.5. The van der Waals surface area contributed by atoms with Gasteiger partial charge in [-0.15, -0.1) is 5.10 Å². The van der Waals surface area contributed by atoms with Crippen molar-refractivity contribution < 1.29 is 4.79 Å². The lowest BCUT2D eigenvalue weighted by atomic mass is 10.1. The standard InChI is InChI=1S/C17H21Cl2N5O/c18-13-8-7-12(11-14(13)19)5-4-6-15(25)20-16-21-17(23-22-16)24-9-2-1-3-10-24/h7-8,11H,1-6,9-10H2,(H2,20,21,22,23,25). The Balaban J connectivity index is 1.44. The number of aromatic nitrogens is 3. The molecule has 0 radical (unpaired) electrons. The number of halogens is 2. The van der Waals surface area contributed by atoms with Gasteiger partial charge >= 0.3 is 0 Å². The van der Waals surface area contributed by atoms with Crippen molar-refractivity contribution in [3.05, 3.63) is 33.8 Å². The van der Waals surface area contributed by atoms with Gasteiger partial charge in [-0.1, -0.05) is 29.3 Å². The highest BCUT2D eigenvalue weighted by molar-refractivity contribution is 6.42. The molecule has 0 spiro atoms. The lowest BCUT2D eigenvalue weighted by Crippen LogP contribution is -2.30. The first-order valence-corrected chi connectivity index (χ1v) is 9.28. The van der Waals surface area contributed by atoms with Gasteiger partial charge in [0.2, 0.25) is 17.8 Å². The lowest BCUT2D eigenvalue weighted by Gasteiger charge is -2.24. The molecule has 3 rings (SSSR count). The van der Waals surface area contributed by atoms with E-state index in [9.17, 15) is 4.79 Å². The number of carbonyl (C=O) groups excluding carboxylic acids is 1. The van der Waals surface area contributed by atoms with E-state index in [0.717, 1.165) is 44.3 Å². The van der Waals surface area contributed by atoms with Crippen LogP contribution >= 0.6 is 23.2 Å². The normalized spacial score (nSPS) is 14.6. The number of anilines is 2. The second-order valence-corrected chi connectivity index (χ2v) is 7.00. The van der Waals surface area contributed by atoms with Crippen LogP contribution in [-0.4, -0.2) is 34.2 Å². The zero-order valence-corrected chi connectivity index (χ0v) is 15.4. The third kappa shape index (κ3) is 5.09.